The molecule has 0 aromatic carbocycles. The van der Waals surface area contributed by atoms with Crippen molar-refractivity contribution in [3.63, 3.8) is 0 Å². The third kappa shape index (κ3) is 4.19. The van der Waals surface area contributed by atoms with E-state index in [1.807, 2.05) is 6.07 Å². The minimum Gasteiger partial charge on any atom is -0.360 e. The lowest BCUT2D eigenvalue weighted by Gasteiger charge is -2.16. The van der Waals surface area contributed by atoms with Gasteiger partial charge in [-0.15, -0.1) is 0 Å². The molecule has 1 unspecified atom stereocenters. The van der Waals surface area contributed by atoms with Crippen LogP contribution in [0, 0.1) is 21.4 Å². The summed E-state index contributed by atoms with van der Waals surface area (Å²) in [6.45, 7) is 2.44. The number of nitrogens with zero attached hydrogens (tertiary/aromatic N) is 3. The molecule has 0 radical (unpaired) electrons. The minimum absolute atomic E-state index is 0.0564. The van der Waals surface area contributed by atoms with E-state index in [0.717, 1.165) is 19.3 Å². The van der Waals surface area contributed by atoms with Crippen LogP contribution in [0.3, 0.4) is 0 Å². The van der Waals surface area contributed by atoms with E-state index in [1.54, 1.807) is 0 Å². The molecule has 102 valence electrons. The Morgan fingerprint density at radius 3 is 2.95 bits per heavy atom. The molecule has 0 aliphatic heterocycles. The molecule has 0 fully saturated rings. The first kappa shape index (κ1) is 14.9. The fourth-order valence-electron chi connectivity index (χ4n) is 1.66. The highest BCUT2D eigenvalue weighted by molar-refractivity contribution is 5.58. The van der Waals surface area contributed by atoms with E-state index in [1.165, 1.54) is 12.3 Å². The molecule has 0 spiro atoms. The number of nitrogens with two attached hydrogens (primary N) is 1. The number of hydrogen-bond acceptors (Lipinski definition) is 6. The number of pyridine rings is 1. The number of nitriles is 1. The first-order valence-corrected chi connectivity index (χ1v) is 6.13. The van der Waals surface area contributed by atoms with E-state index in [2.05, 4.69) is 17.2 Å². The largest absolute Gasteiger partial charge is 0.360 e. The number of unbranched alkanes of at least 4 members (excludes halogenated alkanes) is 1. The molecule has 7 heteroatoms. The second kappa shape index (κ2) is 7.28. The highest BCUT2D eigenvalue weighted by Gasteiger charge is 2.18. The molecule has 0 aliphatic rings. The molecule has 0 saturated carbocycles. The van der Waals surface area contributed by atoms with Gasteiger partial charge in [0, 0.05) is 24.8 Å². The summed E-state index contributed by atoms with van der Waals surface area (Å²) in [7, 11) is 0. The van der Waals surface area contributed by atoms with Gasteiger partial charge in [-0.1, -0.05) is 19.8 Å². The zero-order chi connectivity index (χ0) is 14.3. The van der Waals surface area contributed by atoms with Crippen molar-refractivity contribution in [2.75, 3.05) is 11.9 Å². The second-order valence-corrected chi connectivity index (χ2v) is 4.18. The standard InChI is InChI=1S/C12H17N5O2/c1-2-3-4-10(7-14)16-12-11(17(18)19)5-9(6-13)8-15-12/h5,8,10H,2-4,7,14H2,1H3,(H,15,16). The van der Waals surface area contributed by atoms with E-state index in [0.29, 0.717) is 6.54 Å². The van der Waals surface area contributed by atoms with E-state index < -0.39 is 4.92 Å². The van der Waals surface area contributed by atoms with Crippen molar-refractivity contribution in [3.8, 4) is 6.07 Å². The maximum atomic E-state index is 11.0. The number of aromatic nitrogens is 1. The van der Waals surface area contributed by atoms with Gasteiger partial charge >= 0.3 is 5.69 Å². The maximum absolute atomic E-state index is 11.0. The number of nitrogens with one attached hydrogen (secondary N) is 1. The first-order valence-electron chi connectivity index (χ1n) is 6.13. The zero-order valence-electron chi connectivity index (χ0n) is 10.8. The van der Waals surface area contributed by atoms with Gasteiger partial charge in [-0.2, -0.15) is 5.26 Å². The Kier molecular flexibility index (Phi) is 5.70. The maximum Gasteiger partial charge on any atom is 0.312 e. The van der Waals surface area contributed by atoms with Crippen LogP contribution in [-0.2, 0) is 0 Å². The van der Waals surface area contributed by atoms with Gasteiger partial charge in [0.25, 0.3) is 0 Å². The molecule has 0 saturated heterocycles. The van der Waals surface area contributed by atoms with Crippen molar-refractivity contribution in [3.05, 3.63) is 27.9 Å². The average molecular weight is 263 g/mol. The molecule has 1 heterocycles. The second-order valence-electron chi connectivity index (χ2n) is 4.18. The van der Waals surface area contributed by atoms with Crippen molar-refractivity contribution in [2.45, 2.75) is 32.2 Å². The van der Waals surface area contributed by atoms with Crippen LogP contribution in [0.1, 0.15) is 31.7 Å². The Hall–Kier alpha value is -2.20. The number of anilines is 1. The molecule has 19 heavy (non-hydrogen) atoms. The van der Waals surface area contributed by atoms with Crippen LogP contribution < -0.4 is 11.1 Å². The lowest BCUT2D eigenvalue weighted by Crippen LogP contribution is -2.29. The topological polar surface area (TPSA) is 118 Å². The van der Waals surface area contributed by atoms with Gasteiger partial charge in [-0.3, -0.25) is 10.1 Å². The highest BCUT2D eigenvalue weighted by atomic mass is 16.6. The SMILES string of the molecule is CCCCC(CN)Nc1ncc(C#N)cc1[N+](=O)[O-]. The molecule has 3 N–H and O–H groups in total. The Balaban J connectivity index is 2.93. The summed E-state index contributed by atoms with van der Waals surface area (Å²) in [5.74, 6) is 0.163. The molecule has 1 aromatic heterocycles. The minimum atomic E-state index is -0.552. The molecule has 1 atom stereocenters. The molecular weight excluding hydrogens is 246 g/mol. The van der Waals surface area contributed by atoms with Gasteiger partial charge in [-0.25, -0.2) is 4.98 Å². The monoisotopic (exact) mass is 263 g/mol. The molecule has 0 aliphatic carbocycles. The fraction of sp³-hybridized carbons (Fsp3) is 0.500. The summed E-state index contributed by atoms with van der Waals surface area (Å²) >= 11 is 0. The third-order valence-electron chi connectivity index (χ3n) is 2.72. The van der Waals surface area contributed by atoms with Gasteiger partial charge < -0.3 is 11.1 Å². The summed E-state index contributed by atoms with van der Waals surface area (Å²) < 4.78 is 0. The number of nitro groups is 1. The lowest BCUT2D eigenvalue weighted by atomic mass is 10.1. The van der Waals surface area contributed by atoms with E-state index in [4.69, 9.17) is 11.0 Å². The van der Waals surface area contributed by atoms with Crippen LogP contribution >= 0.6 is 0 Å². The third-order valence-corrected chi connectivity index (χ3v) is 2.72. The van der Waals surface area contributed by atoms with Crippen molar-refractivity contribution in [1.29, 1.82) is 5.26 Å². The molecule has 1 rings (SSSR count). The Labute approximate surface area is 111 Å². The smallest absolute Gasteiger partial charge is 0.312 e. The number of hydrogen-bond donors (Lipinski definition) is 2. The summed E-state index contributed by atoms with van der Waals surface area (Å²) in [5.41, 5.74) is 5.59. The van der Waals surface area contributed by atoms with Gasteiger partial charge in [0.2, 0.25) is 5.82 Å². The molecular formula is C12H17N5O2. The van der Waals surface area contributed by atoms with Crippen molar-refractivity contribution in [2.24, 2.45) is 5.73 Å². The Morgan fingerprint density at radius 2 is 2.42 bits per heavy atom. The number of rotatable bonds is 7. The Bertz CT molecular complexity index is 483. The van der Waals surface area contributed by atoms with E-state index in [9.17, 15) is 10.1 Å². The van der Waals surface area contributed by atoms with Gasteiger partial charge in [0.05, 0.1) is 10.5 Å². The summed E-state index contributed by atoms with van der Waals surface area (Å²) in [6, 6.07) is 2.99. The molecule has 0 bridgehead atoms. The normalized spacial score (nSPS) is 11.6. The van der Waals surface area contributed by atoms with Crippen molar-refractivity contribution < 1.29 is 4.92 Å². The predicted molar refractivity (Wildman–Crippen MR) is 71.6 cm³/mol. The summed E-state index contributed by atoms with van der Waals surface area (Å²) in [4.78, 5) is 14.3. The van der Waals surface area contributed by atoms with Crippen LogP contribution in [0.25, 0.3) is 0 Å². The zero-order valence-corrected chi connectivity index (χ0v) is 10.8. The Morgan fingerprint density at radius 1 is 1.68 bits per heavy atom. The van der Waals surface area contributed by atoms with Gasteiger partial charge in [0.1, 0.15) is 6.07 Å². The van der Waals surface area contributed by atoms with Crippen LogP contribution in [0.15, 0.2) is 12.3 Å². The van der Waals surface area contributed by atoms with Crippen LogP contribution in [0.5, 0.6) is 0 Å². The lowest BCUT2D eigenvalue weighted by molar-refractivity contribution is -0.384. The van der Waals surface area contributed by atoms with Crippen LogP contribution in [-0.4, -0.2) is 22.5 Å². The van der Waals surface area contributed by atoms with Crippen molar-refractivity contribution >= 4 is 11.5 Å². The van der Waals surface area contributed by atoms with Crippen molar-refractivity contribution in [1.82, 2.24) is 4.98 Å². The average Bonchev–Trinajstić information content (AvgIpc) is 2.43. The summed E-state index contributed by atoms with van der Waals surface area (Å²) in [5, 5.41) is 22.7. The van der Waals surface area contributed by atoms with E-state index >= 15 is 0 Å². The highest BCUT2D eigenvalue weighted by Crippen LogP contribution is 2.23. The van der Waals surface area contributed by atoms with Gasteiger partial charge in [-0.05, 0) is 6.42 Å². The quantitative estimate of drug-likeness (QED) is 0.572. The molecule has 7 nitrogen and oxygen atoms in total. The molecule has 1 aromatic rings. The predicted octanol–water partition coefficient (Wildman–Crippen LogP) is 1.79. The summed E-state index contributed by atoms with van der Waals surface area (Å²) in [6.07, 6.45) is 4.15. The van der Waals surface area contributed by atoms with Gasteiger partial charge in [0.15, 0.2) is 0 Å². The van der Waals surface area contributed by atoms with Crippen LogP contribution in [0.4, 0.5) is 11.5 Å². The van der Waals surface area contributed by atoms with E-state index in [-0.39, 0.29) is 23.1 Å². The fourth-order valence-corrected chi connectivity index (χ4v) is 1.66. The molecule has 0 amide bonds. The van der Waals surface area contributed by atoms with Crippen LogP contribution in [0.2, 0.25) is 0 Å². The first-order chi connectivity index (χ1) is 9.12.